The van der Waals surface area contributed by atoms with E-state index < -0.39 is 0 Å². The van der Waals surface area contributed by atoms with Crippen molar-refractivity contribution in [2.24, 2.45) is 34.9 Å². The van der Waals surface area contributed by atoms with Gasteiger partial charge in [-0.25, -0.2) is 0 Å². The van der Waals surface area contributed by atoms with Crippen LogP contribution in [0.25, 0.3) is 0 Å². The quantitative estimate of drug-likeness (QED) is 0.581. The molecule has 4 saturated carbocycles. The highest BCUT2D eigenvalue weighted by molar-refractivity contribution is 5.06. The Kier molecular flexibility index (Phi) is 2.99. The monoisotopic (exact) mass is 236 g/mol. The van der Waals surface area contributed by atoms with Crippen LogP contribution in [-0.2, 0) is 0 Å². The Hall–Kier alpha value is -0.0800. The highest BCUT2D eigenvalue weighted by Gasteiger charge is 2.54. The molecule has 0 heterocycles. The van der Waals surface area contributed by atoms with Gasteiger partial charge in [0.1, 0.15) is 0 Å². The third-order valence-corrected chi connectivity index (χ3v) is 6.14. The van der Waals surface area contributed by atoms with Crippen molar-refractivity contribution < 1.29 is 0 Å². The summed E-state index contributed by atoms with van der Waals surface area (Å²) in [6.45, 7) is 4.68. The van der Waals surface area contributed by atoms with Gasteiger partial charge in [0.2, 0.25) is 0 Å². The molecular weight excluding hydrogens is 208 g/mol. The van der Waals surface area contributed by atoms with Crippen molar-refractivity contribution in [2.45, 2.75) is 64.8 Å². The van der Waals surface area contributed by atoms with Crippen LogP contribution >= 0.6 is 0 Å². The van der Waals surface area contributed by atoms with E-state index in [0.29, 0.717) is 11.5 Å². The van der Waals surface area contributed by atoms with Crippen LogP contribution in [0.5, 0.6) is 0 Å². The second-order valence-corrected chi connectivity index (χ2v) is 7.31. The molecule has 0 aromatic heterocycles. The molecule has 4 fully saturated rings. The molecule has 4 aliphatic rings. The summed E-state index contributed by atoms with van der Waals surface area (Å²) >= 11 is 0. The van der Waals surface area contributed by atoms with Gasteiger partial charge in [0, 0.05) is 6.04 Å². The molecule has 4 aliphatic carbocycles. The van der Waals surface area contributed by atoms with E-state index in [1.54, 1.807) is 0 Å². The maximum absolute atomic E-state index is 5.92. The summed E-state index contributed by atoms with van der Waals surface area (Å²) in [6, 6.07) is 0.556. The smallest absolute Gasteiger partial charge is 0.0292 e. The van der Waals surface area contributed by atoms with Crippen LogP contribution in [0.3, 0.4) is 0 Å². The summed E-state index contributed by atoms with van der Waals surface area (Å²) in [5, 5.41) is 0. The van der Waals surface area contributed by atoms with Crippen molar-refractivity contribution in [3.63, 3.8) is 0 Å². The van der Waals surface area contributed by atoms with E-state index in [-0.39, 0.29) is 0 Å². The summed E-state index contributed by atoms with van der Waals surface area (Å²) in [5.41, 5.74) is 3.76. The minimum absolute atomic E-state index is 0.554. The molecule has 4 bridgehead atoms. The molecule has 0 aromatic carbocycles. The highest BCUT2D eigenvalue weighted by Crippen LogP contribution is 2.62. The molecule has 2 nitrogen and oxygen atoms in total. The molecule has 2 heteroatoms. The third kappa shape index (κ3) is 1.84. The van der Waals surface area contributed by atoms with Gasteiger partial charge in [-0.15, -0.1) is 0 Å². The summed E-state index contributed by atoms with van der Waals surface area (Å²) in [6.07, 6.45) is 10.2. The number of hydrogen-bond donors (Lipinski definition) is 2. The Morgan fingerprint density at radius 2 is 1.59 bits per heavy atom. The molecule has 17 heavy (non-hydrogen) atoms. The lowest BCUT2D eigenvalue weighted by atomic mass is 9.47. The van der Waals surface area contributed by atoms with E-state index in [0.717, 1.165) is 23.7 Å². The topological polar surface area (TPSA) is 38.0 Å². The fourth-order valence-electron chi connectivity index (χ4n) is 5.74. The standard InChI is InChI=1S/C15H28N2/c1-3-10(2)14(17-16)15-7-11-4-12(8-15)6-13(5-11)9-15/h10-14,17H,3-9,16H2,1-2H3. The fraction of sp³-hybridized carbons (Fsp3) is 1.00. The van der Waals surface area contributed by atoms with Crippen molar-refractivity contribution in [1.29, 1.82) is 0 Å². The van der Waals surface area contributed by atoms with Crippen LogP contribution in [0.1, 0.15) is 58.8 Å². The van der Waals surface area contributed by atoms with Gasteiger partial charge in [0.25, 0.3) is 0 Å². The Bertz CT molecular complexity index is 251. The van der Waals surface area contributed by atoms with E-state index in [2.05, 4.69) is 19.3 Å². The number of nitrogens with one attached hydrogen (secondary N) is 1. The van der Waals surface area contributed by atoms with Gasteiger partial charge >= 0.3 is 0 Å². The molecule has 0 aromatic rings. The minimum Gasteiger partial charge on any atom is -0.271 e. The second-order valence-electron chi connectivity index (χ2n) is 7.31. The van der Waals surface area contributed by atoms with Crippen LogP contribution < -0.4 is 11.3 Å². The summed E-state index contributed by atoms with van der Waals surface area (Å²) < 4.78 is 0. The van der Waals surface area contributed by atoms with Crippen LogP contribution in [0.4, 0.5) is 0 Å². The molecule has 0 amide bonds. The van der Waals surface area contributed by atoms with Crippen molar-refractivity contribution in [1.82, 2.24) is 5.43 Å². The molecule has 0 aliphatic heterocycles. The zero-order valence-corrected chi connectivity index (χ0v) is 11.4. The first-order chi connectivity index (χ1) is 8.16. The molecular formula is C15H28N2. The molecule has 2 atom stereocenters. The number of hydrazine groups is 1. The molecule has 0 spiro atoms. The Labute approximate surface area is 106 Å². The highest BCUT2D eigenvalue weighted by atomic mass is 15.2. The van der Waals surface area contributed by atoms with Gasteiger partial charge in [-0.2, -0.15) is 0 Å². The molecule has 2 unspecified atom stereocenters. The Balaban J connectivity index is 1.85. The van der Waals surface area contributed by atoms with Gasteiger partial charge in [-0.05, 0) is 67.6 Å². The lowest BCUT2D eigenvalue weighted by Gasteiger charge is -2.60. The predicted molar refractivity (Wildman–Crippen MR) is 71.2 cm³/mol. The first-order valence-corrected chi connectivity index (χ1v) is 7.63. The van der Waals surface area contributed by atoms with Crippen LogP contribution in [-0.4, -0.2) is 6.04 Å². The first-order valence-electron chi connectivity index (χ1n) is 7.63. The zero-order chi connectivity index (χ0) is 12.0. The van der Waals surface area contributed by atoms with Crippen LogP contribution in [0.15, 0.2) is 0 Å². The fourth-order valence-corrected chi connectivity index (χ4v) is 5.74. The van der Waals surface area contributed by atoms with E-state index in [9.17, 15) is 0 Å². The zero-order valence-electron chi connectivity index (χ0n) is 11.4. The third-order valence-electron chi connectivity index (χ3n) is 6.14. The minimum atomic E-state index is 0.554. The Morgan fingerprint density at radius 3 is 1.94 bits per heavy atom. The number of nitrogens with two attached hydrogens (primary N) is 1. The van der Waals surface area contributed by atoms with Crippen molar-refractivity contribution in [3.8, 4) is 0 Å². The van der Waals surface area contributed by atoms with Gasteiger partial charge in [-0.3, -0.25) is 11.3 Å². The average Bonchev–Trinajstić information content (AvgIpc) is 2.27. The van der Waals surface area contributed by atoms with E-state index in [1.165, 1.54) is 44.9 Å². The van der Waals surface area contributed by atoms with E-state index >= 15 is 0 Å². The Morgan fingerprint density at radius 1 is 1.12 bits per heavy atom. The number of hydrogen-bond acceptors (Lipinski definition) is 2. The van der Waals surface area contributed by atoms with Crippen molar-refractivity contribution >= 4 is 0 Å². The maximum atomic E-state index is 5.92. The lowest BCUT2D eigenvalue weighted by molar-refractivity contribution is -0.0839. The van der Waals surface area contributed by atoms with Crippen molar-refractivity contribution in [3.05, 3.63) is 0 Å². The average molecular weight is 236 g/mol. The molecule has 3 N–H and O–H groups in total. The molecule has 0 radical (unpaired) electrons. The normalized spacial score (nSPS) is 47.1. The van der Waals surface area contributed by atoms with E-state index in [4.69, 9.17) is 5.84 Å². The molecule has 0 saturated heterocycles. The SMILES string of the molecule is CCC(C)C(NN)C12CC3CC(CC(C3)C1)C2. The summed E-state index contributed by atoms with van der Waals surface area (Å²) in [4.78, 5) is 0. The van der Waals surface area contributed by atoms with Gasteiger partial charge in [-0.1, -0.05) is 20.3 Å². The second kappa shape index (κ2) is 4.24. The van der Waals surface area contributed by atoms with Gasteiger partial charge < -0.3 is 0 Å². The molecule has 4 rings (SSSR count). The van der Waals surface area contributed by atoms with Crippen molar-refractivity contribution in [2.75, 3.05) is 0 Å². The lowest BCUT2D eigenvalue weighted by Crippen LogP contribution is -2.59. The predicted octanol–water partition coefficient (Wildman–Crippen LogP) is 3.08. The number of rotatable bonds is 4. The largest absolute Gasteiger partial charge is 0.271 e. The van der Waals surface area contributed by atoms with Crippen LogP contribution in [0, 0.1) is 29.1 Å². The van der Waals surface area contributed by atoms with Gasteiger partial charge in [0.15, 0.2) is 0 Å². The van der Waals surface area contributed by atoms with Crippen LogP contribution in [0.2, 0.25) is 0 Å². The van der Waals surface area contributed by atoms with E-state index in [1.807, 2.05) is 0 Å². The summed E-state index contributed by atoms with van der Waals surface area (Å²) in [5.74, 6) is 9.73. The molecule has 98 valence electrons. The maximum Gasteiger partial charge on any atom is 0.0292 e. The first kappa shape index (κ1) is 12.0. The summed E-state index contributed by atoms with van der Waals surface area (Å²) in [7, 11) is 0. The van der Waals surface area contributed by atoms with Gasteiger partial charge in [0.05, 0.1) is 0 Å².